The average molecular weight is 272 g/mol. The molecule has 1 atom stereocenters. The van der Waals surface area contributed by atoms with Gasteiger partial charge < -0.3 is 10.4 Å². The van der Waals surface area contributed by atoms with E-state index in [-0.39, 0.29) is 0 Å². The number of rotatable bonds is 5. The first-order valence-corrected chi connectivity index (χ1v) is 5.67. The van der Waals surface area contributed by atoms with E-state index in [1.54, 1.807) is 0 Å². The standard InChI is InChI=1S/C11H14BrNO2/c1-2-3-10(11(14)15)13-9-6-4-8(12)5-7-9/h4-7,10,13H,2-3H2,1H3,(H,14,15). The zero-order valence-electron chi connectivity index (χ0n) is 8.53. The van der Waals surface area contributed by atoms with Crippen LogP contribution in [0.5, 0.6) is 0 Å². The van der Waals surface area contributed by atoms with E-state index in [4.69, 9.17) is 5.11 Å². The molecule has 1 rings (SSSR count). The Labute approximate surface area is 97.6 Å². The second-order valence-electron chi connectivity index (χ2n) is 3.33. The molecule has 0 fully saturated rings. The van der Waals surface area contributed by atoms with Gasteiger partial charge in [-0.3, -0.25) is 0 Å². The van der Waals surface area contributed by atoms with Crippen LogP contribution in [0.25, 0.3) is 0 Å². The Kier molecular flexibility index (Phi) is 4.62. The SMILES string of the molecule is CCCC(Nc1ccc(Br)cc1)C(=O)O. The number of anilines is 1. The van der Waals surface area contributed by atoms with Gasteiger partial charge in [-0.05, 0) is 30.7 Å². The molecule has 0 aliphatic carbocycles. The summed E-state index contributed by atoms with van der Waals surface area (Å²) in [5.41, 5.74) is 0.832. The van der Waals surface area contributed by atoms with E-state index >= 15 is 0 Å². The molecule has 1 aromatic rings. The van der Waals surface area contributed by atoms with E-state index in [0.717, 1.165) is 16.6 Å². The molecule has 0 heterocycles. The predicted octanol–water partition coefficient (Wildman–Crippen LogP) is 3.11. The summed E-state index contributed by atoms with van der Waals surface area (Å²) in [5.74, 6) is -0.806. The summed E-state index contributed by atoms with van der Waals surface area (Å²) in [6.07, 6.45) is 1.48. The summed E-state index contributed by atoms with van der Waals surface area (Å²) >= 11 is 3.33. The van der Waals surface area contributed by atoms with Crippen molar-refractivity contribution in [2.45, 2.75) is 25.8 Å². The fraction of sp³-hybridized carbons (Fsp3) is 0.364. The molecule has 0 spiro atoms. The summed E-state index contributed by atoms with van der Waals surface area (Å²) in [5, 5.41) is 11.9. The molecule has 1 unspecified atom stereocenters. The zero-order valence-corrected chi connectivity index (χ0v) is 10.1. The maximum absolute atomic E-state index is 10.9. The van der Waals surface area contributed by atoms with Crippen LogP contribution in [0.1, 0.15) is 19.8 Å². The van der Waals surface area contributed by atoms with Crippen LogP contribution < -0.4 is 5.32 Å². The van der Waals surface area contributed by atoms with Gasteiger partial charge in [0.1, 0.15) is 6.04 Å². The number of carboxylic acid groups (broad SMARTS) is 1. The van der Waals surface area contributed by atoms with Crippen molar-refractivity contribution < 1.29 is 9.90 Å². The molecule has 3 nitrogen and oxygen atoms in total. The van der Waals surface area contributed by atoms with Gasteiger partial charge in [0.15, 0.2) is 0 Å². The molecule has 0 radical (unpaired) electrons. The fourth-order valence-electron chi connectivity index (χ4n) is 1.29. The van der Waals surface area contributed by atoms with Gasteiger partial charge >= 0.3 is 5.97 Å². The quantitative estimate of drug-likeness (QED) is 0.865. The highest BCUT2D eigenvalue weighted by molar-refractivity contribution is 9.10. The Hall–Kier alpha value is -1.03. The number of aliphatic carboxylic acids is 1. The highest BCUT2D eigenvalue weighted by Gasteiger charge is 2.15. The van der Waals surface area contributed by atoms with Crippen molar-refractivity contribution in [1.29, 1.82) is 0 Å². The van der Waals surface area contributed by atoms with Gasteiger partial charge in [-0.2, -0.15) is 0 Å². The van der Waals surface area contributed by atoms with Crippen molar-refractivity contribution in [2.24, 2.45) is 0 Å². The molecule has 15 heavy (non-hydrogen) atoms. The molecule has 0 aromatic heterocycles. The highest BCUT2D eigenvalue weighted by atomic mass is 79.9. The topological polar surface area (TPSA) is 49.3 Å². The van der Waals surface area contributed by atoms with Crippen LogP contribution >= 0.6 is 15.9 Å². The summed E-state index contributed by atoms with van der Waals surface area (Å²) < 4.78 is 0.982. The lowest BCUT2D eigenvalue weighted by Crippen LogP contribution is -2.28. The van der Waals surface area contributed by atoms with Gasteiger partial charge in [0.2, 0.25) is 0 Å². The van der Waals surface area contributed by atoms with Crippen molar-refractivity contribution >= 4 is 27.6 Å². The zero-order chi connectivity index (χ0) is 11.3. The highest BCUT2D eigenvalue weighted by Crippen LogP contribution is 2.16. The first-order chi connectivity index (χ1) is 7.13. The second kappa shape index (κ2) is 5.75. The molecular weight excluding hydrogens is 258 g/mol. The van der Waals surface area contributed by atoms with Gasteiger partial charge in [-0.25, -0.2) is 4.79 Å². The first kappa shape index (κ1) is 12.0. The van der Waals surface area contributed by atoms with Crippen LogP contribution in [0.4, 0.5) is 5.69 Å². The van der Waals surface area contributed by atoms with Crippen LogP contribution in [-0.2, 0) is 4.79 Å². The van der Waals surface area contributed by atoms with Crippen molar-refractivity contribution in [3.63, 3.8) is 0 Å². The number of nitrogens with one attached hydrogen (secondary N) is 1. The van der Waals surface area contributed by atoms with Gasteiger partial charge in [0.05, 0.1) is 0 Å². The Morgan fingerprint density at radius 1 is 1.47 bits per heavy atom. The minimum atomic E-state index is -0.806. The molecule has 4 heteroatoms. The predicted molar refractivity (Wildman–Crippen MR) is 64.1 cm³/mol. The third kappa shape index (κ3) is 3.91. The molecule has 0 amide bonds. The molecule has 0 saturated heterocycles. The molecule has 2 N–H and O–H groups in total. The van der Waals surface area contributed by atoms with E-state index in [1.165, 1.54) is 0 Å². The van der Waals surface area contributed by atoms with Crippen LogP contribution in [0.3, 0.4) is 0 Å². The second-order valence-corrected chi connectivity index (χ2v) is 4.25. The largest absolute Gasteiger partial charge is 0.480 e. The molecule has 0 aliphatic rings. The van der Waals surface area contributed by atoms with E-state index in [2.05, 4.69) is 21.2 Å². The number of benzene rings is 1. The lowest BCUT2D eigenvalue weighted by Gasteiger charge is -2.14. The summed E-state index contributed by atoms with van der Waals surface area (Å²) in [6.45, 7) is 1.97. The Morgan fingerprint density at radius 2 is 2.07 bits per heavy atom. The summed E-state index contributed by atoms with van der Waals surface area (Å²) in [6, 6.07) is 6.97. The van der Waals surface area contributed by atoms with Crippen LogP contribution in [-0.4, -0.2) is 17.1 Å². The van der Waals surface area contributed by atoms with E-state index in [9.17, 15) is 4.79 Å². The number of hydrogen-bond acceptors (Lipinski definition) is 2. The molecule has 0 saturated carbocycles. The summed E-state index contributed by atoms with van der Waals surface area (Å²) in [4.78, 5) is 10.9. The Balaban J connectivity index is 2.65. The van der Waals surface area contributed by atoms with E-state index < -0.39 is 12.0 Å². The normalized spacial score (nSPS) is 12.1. The Bertz CT molecular complexity index is 324. The third-order valence-corrected chi connectivity index (χ3v) is 2.59. The maximum Gasteiger partial charge on any atom is 0.326 e. The van der Waals surface area contributed by atoms with E-state index in [1.807, 2.05) is 31.2 Å². The molecule has 1 aromatic carbocycles. The van der Waals surface area contributed by atoms with Gasteiger partial charge in [0, 0.05) is 10.2 Å². The third-order valence-electron chi connectivity index (χ3n) is 2.06. The monoisotopic (exact) mass is 271 g/mol. The van der Waals surface area contributed by atoms with E-state index in [0.29, 0.717) is 6.42 Å². The lowest BCUT2D eigenvalue weighted by atomic mass is 10.1. The van der Waals surface area contributed by atoms with Crippen molar-refractivity contribution in [2.75, 3.05) is 5.32 Å². The number of carbonyl (C=O) groups is 1. The lowest BCUT2D eigenvalue weighted by molar-refractivity contribution is -0.138. The van der Waals surface area contributed by atoms with Gasteiger partial charge in [-0.15, -0.1) is 0 Å². The molecule has 0 aliphatic heterocycles. The van der Waals surface area contributed by atoms with Gasteiger partial charge in [0.25, 0.3) is 0 Å². The van der Waals surface area contributed by atoms with Crippen LogP contribution in [0.2, 0.25) is 0 Å². The van der Waals surface area contributed by atoms with Crippen molar-refractivity contribution in [1.82, 2.24) is 0 Å². The number of carboxylic acids is 1. The maximum atomic E-state index is 10.9. The van der Waals surface area contributed by atoms with Crippen molar-refractivity contribution in [3.05, 3.63) is 28.7 Å². The van der Waals surface area contributed by atoms with Crippen LogP contribution in [0, 0.1) is 0 Å². The summed E-state index contributed by atoms with van der Waals surface area (Å²) in [7, 11) is 0. The molecule has 0 bridgehead atoms. The first-order valence-electron chi connectivity index (χ1n) is 4.88. The number of hydrogen-bond donors (Lipinski definition) is 2. The Morgan fingerprint density at radius 3 is 2.53 bits per heavy atom. The number of halogens is 1. The molecular formula is C11H14BrNO2. The minimum absolute atomic E-state index is 0.504. The average Bonchev–Trinajstić information content (AvgIpc) is 2.20. The van der Waals surface area contributed by atoms with Gasteiger partial charge in [-0.1, -0.05) is 29.3 Å². The minimum Gasteiger partial charge on any atom is -0.480 e. The smallest absolute Gasteiger partial charge is 0.326 e. The fourth-order valence-corrected chi connectivity index (χ4v) is 1.56. The van der Waals surface area contributed by atoms with Crippen molar-refractivity contribution in [3.8, 4) is 0 Å². The molecule has 82 valence electrons. The van der Waals surface area contributed by atoms with Crippen LogP contribution in [0.15, 0.2) is 28.7 Å².